The third-order valence-electron chi connectivity index (χ3n) is 4.80. The predicted molar refractivity (Wildman–Crippen MR) is 119 cm³/mol. The van der Waals surface area contributed by atoms with Crippen LogP contribution in [0, 0.1) is 20.8 Å². The Morgan fingerprint density at radius 1 is 1.03 bits per heavy atom. The Labute approximate surface area is 180 Å². The van der Waals surface area contributed by atoms with E-state index < -0.39 is 10.0 Å². The van der Waals surface area contributed by atoms with Crippen molar-refractivity contribution in [1.82, 2.24) is 10.0 Å². The molecule has 7 heteroatoms. The van der Waals surface area contributed by atoms with Crippen molar-refractivity contribution in [1.29, 1.82) is 0 Å². The number of hydrogen-bond donors (Lipinski definition) is 2. The Morgan fingerprint density at radius 2 is 1.67 bits per heavy atom. The van der Waals surface area contributed by atoms with Gasteiger partial charge in [-0.3, -0.25) is 4.79 Å². The lowest BCUT2D eigenvalue weighted by molar-refractivity contribution is -0.120. The molecule has 0 saturated carbocycles. The van der Waals surface area contributed by atoms with Crippen molar-refractivity contribution in [3.8, 4) is 0 Å². The van der Waals surface area contributed by atoms with Gasteiger partial charge in [-0.15, -0.1) is 0 Å². The van der Waals surface area contributed by atoms with Crippen molar-refractivity contribution < 1.29 is 17.9 Å². The van der Waals surface area contributed by atoms with E-state index >= 15 is 0 Å². The quantitative estimate of drug-likeness (QED) is 0.532. The highest BCUT2D eigenvalue weighted by molar-refractivity contribution is 7.89. The van der Waals surface area contributed by atoms with Crippen LogP contribution in [0.15, 0.2) is 47.4 Å². The lowest BCUT2D eigenvalue weighted by Gasteiger charge is -2.14. The molecule has 2 rings (SSSR count). The van der Waals surface area contributed by atoms with Gasteiger partial charge < -0.3 is 10.1 Å². The molecule has 1 amide bonds. The highest BCUT2D eigenvalue weighted by atomic mass is 32.2. The number of rotatable bonds is 11. The minimum atomic E-state index is -3.65. The first-order valence-electron chi connectivity index (χ1n) is 10.2. The number of benzene rings is 2. The zero-order valence-electron chi connectivity index (χ0n) is 18.2. The minimum Gasteiger partial charge on any atom is -0.374 e. The fraction of sp³-hybridized carbons (Fsp3) is 0.435. The number of hydrogen-bond acceptors (Lipinski definition) is 4. The molecule has 0 heterocycles. The van der Waals surface area contributed by atoms with Crippen LogP contribution in [-0.4, -0.2) is 34.0 Å². The standard InChI is InChI=1S/C23H32N2O4S/c1-17-15-18(2)23(19(3)16-17)30(27,28)25-13-11-22(26)24-12-8-14-29-20(4)21-9-6-5-7-10-21/h5-7,9-10,15-16,20,25H,8,11-14H2,1-4H3,(H,24,26). The first kappa shape index (κ1) is 24.1. The van der Waals surface area contributed by atoms with E-state index in [4.69, 9.17) is 4.74 Å². The molecule has 0 bridgehead atoms. The van der Waals surface area contributed by atoms with E-state index in [9.17, 15) is 13.2 Å². The van der Waals surface area contributed by atoms with E-state index in [1.54, 1.807) is 13.8 Å². The number of ether oxygens (including phenoxy) is 1. The summed E-state index contributed by atoms with van der Waals surface area (Å²) in [6.07, 6.45) is 0.783. The molecule has 6 nitrogen and oxygen atoms in total. The van der Waals surface area contributed by atoms with Crippen molar-refractivity contribution in [2.75, 3.05) is 19.7 Å². The molecule has 0 radical (unpaired) electrons. The van der Waals surface area contributed by atoms with Gasteiger partial charge in [0.05, 0.1) is 11.0 Å². The summed E-state index contributed by atoms with van der Waals surface area (Å²) in [5.74, 6) is -0.189. The average Bonchev–Trinajstić information content (AvgIpc) is 2.67. The Bertz CT molecular complexity index is 920. The van der Waals surface area contributed by atoms with Crippen LogP contribution in [0.25, 0.3) is 0 Å². The van der Waals surface area contributed by atoms with E-state index in [-0.39, 0.29) is 29.9 Å². The van der Waals surface area contributed by atoms with Crippen LogP contribution in [0.5, 0.6) is 0 Å². The lowest BCUT2D eigenvalue weighted by Crippen LogP contribution is -2.32. The molecule has 2 aromatic rings. The summed E-state index contributed by atoms with van der Waals surface area (Å²) < 4.78 is 33.5. The van der Waals surface area contributed by atoms with E-state index in [1.807, 2.05) is 56.3 Å². The summed E-state index contributed by atoms with van der Waals surface area (Å²) in [5, 5.41) is 2.80. The largest absolute Gasteiger partial charge is 0.374 e. The number of carbonyl (C=O) groups excluding carboxylic acids is 1. The van der Waals surface area contributed by atoms with Gasteiger partial charge in [0, 0.05) is 26.1 Å². The van der Waals surface area contributed by atoms with Crippen molar-refractivity contribution in [3.63, 3.8) is 0 Å². The molecule has 1 unspecified atom stereocenters. The van der Waals surface area contributed by atoms with Gasteiger partial charge in [0.15, 0.2) is 0 Å². The molecular weight excluding hydrogens is 400 g/mol. The van der Waals surface area contributed by atoms with Gasteiger partial charge >= 0.3 is 0 Å². The van der Waals surface area contributed by atoms with Gasteiger partial charge in [-0.05, 0) is 50.8 Å². The number of nitrogens with one attached hydrogen (secondary N) is 2. The normalized spacial score (nSPS) is 12.5. The number of amides is 1. The van der Waals surface area contributed by atoms with Crippen LogP contribution in [0.1, 0.15) is 48.1 Å². The maximum absolute atomic E-state index is 12.6. The van der Waals surface area contributed by atoms with Crippen molar-refractivity contribution in [2.45, 2.75) is 51.5 Å². The van der Waals surface area contributed by atoms with Gasteiger partial charge in [-0.2, -0.15) is 0 Å². The third kappa shape index (κ3) is 7.23. The van der Waals surface area contributed by atoms with Gasteiger partial charge in [-0.25, -0.2) is 13.1 Å². The molecule has 0 saturated heterocycles. The molecule has 2 N–H and O–H groups in total. The van der Waals surface area contributed by atoms with E-state index in [2.05, 4.69) is 10.0 Å². The number of sulfonamides is 1. The molecule has 164 valence electrons. The van der Waals surface area contributed by atoms with Crippen molar-refractivity contribution in [2.24, 2.45) is 0 Å². The van der Waals surface area contributed by atoms with Crippen LogP contribution in [-0.2, 0) is 19.6 Å². The third-order valence-corrected chi connectivity index (χ3v) is 6.56. The van der Waals surface area contributed by atoms with Crippen LogP contribution >= 0.6 is 0 Å². The molecule has 0 aliphatic heterocycles. The first-order chi connectivity index (χ1) is 14.2. The fourth-order valence-corrected chi connectivity index (χ4v) is 4.91. The Balaban J connectivity index is 1.68. The summed E-state index contributed by atoms with van der Waals surface area (Å²) in [4.78, 5) is 12.3. The smallest absolute Gasteiger partial charge is 0.241 e. The average molecular weight is 433 g/mol. The topological polar surface area (TPSA) is 84.5 Å². The molecule has 0 aliphatic carbocycles. The Hall–Kier alpha value is -2.22. The molecule has 0 fully saturated rings. The minimum absolute atomic E-state index is 0.00463. The highest BCUT2D eigenvalue weighted by Gasteiger charge is 2.19. The zero-order chi connectivity index (χ0) is 22.1. The second-order valence-corrected chi connectivity index (χ2v) is 9.21. The first-order valence-corrected chi connectivity index (χ1v) is 11.7. The SMILES string of the molecule is Cc1cc(C)c(S(=O)(=O)NCCC(=O)NCCCOC(C)c2ccccc2)c(C)c1. The Kier molecular flexibility index (Phi) is 9.02. The van der Waals surface area contributed by atoms with Gasteiger partial charge in [0.2, 0.25) is 15.9 Å². The highest BCUT2D eigenvalue weighted by Crippen LogP contribution is 2.21. The van der Waals surface area contributed by atoms with Crippen LogP contribution < -0.4 is 10.0 Å². The van der Waals surface area contributed by atoms with Crippen molar-refractivity contribution >= 4 is 15.9 Å². The molecule has 0 spiro atoms. The summed E-state index contributed by atoms with van der Waals surface area (Å²) >= 11 is 0. The summed E-state index contributed by atoms with van der Waals surface area (Å²) in [7, 11) is -3.65. The van der Waals surface area contributed by atoms with Gasteiger partial charge in [0.25, 0.3) is 0 Å². The monoisotopic (exact) mass is 432 g/mol. The predicted octanol–water partition coefficient (Wildman–Crippen LogP) is 3.56. The maximum Gasteiger partial charge on any atom is 0.241 e. The fourth-order valence-electron chi connectivity index (χ4n) is 3.43. The van der Waals surface area contributed by atoms with E-state index in [1.165, 1.54) is 0 Å². The molecule has 2 aromatic carbocycles. The zero-order valence-corrected chi connectivity index (χ0v) is 19.0. The second kappa shape index (κ2) is 11.2. The van der Waals surface area contributed by atoms with E-state index in [0.29, 0.717) is 30.7 Å². The van der Waals surface area contributed by atoms with Crippen LogP contribution in [0.4, 0.5) is 0 Å². The van der Waals surface area contributed by atoms with Crippen molar-refractivity contribution in [3.05, 3.63) is 64.7 Å². The molecule has 1 atom stereocenters. The summed E-state index contributed by atoms with van der Waals surface area (Å²) in [5.41, 5.74) is 3.54. The molecular formula is C23H32N2O4S. The van der Waals surface area contributed by atoms with Crippen LogP contribution in [0.3, 0.4) is 0 Å². The molecule has 30 heavy (non-hydrogen) atoms. The van der Waals surface area contributed by atoms with E-state index in [0.717, 1.165) is 11.1 Å². The lowest BCUT2D eigenvalue weighted by atomic mass is 10.1. The summed E-state index contributed by atoms with van der Waals surface area (Å²) in [6, 6.07) is 13.6. The number of aryl methyl sites for hydroxylation is 3. The summed E-state index contributed by atoms with van der Waals surface area (Å²) in [6.45, 7) is 8.57. The molecule has 0 aliphatic rings. The maximum atomic E-state index is 12.6. The Morgan fingerprint density at radius 3 is 2.30 bits per heavy atom. The van der Waals surface area contributed by atoms with Crippen LogP contribution in [0.2, 0.25) is 0 Å². The second-order valence-electron chi connectivity index (χ2n) is 7.50. The molecule has 0 aromatic heterocycles. The van der Waals surface area contributed by atoms with Gasteiger partial charge in [0.1, 0.15) is 0 Å². The van der Waals surface area contributed by atoms with Gasteiger partial charge in [-0.1, -0.05) is 48.0 Å². The number of carbonyl (C=O) groups is 1.